The van der Waals surface area contributed by atoms with E-state index in [1.807, 2.05) is 0 Å². The minimum Gasteiger partial charge on any atom is -0.378 e. The first-order valence-electron chi connectivity index (χ1n) is 9.23. The highest BCUT2D eigenvalue weighted by Gasteiger charge is 2.44. The van der Waals surface area contributed by atoms with Gasteiger partial charge in [0.05, 0.1) is 13.2 Å². The van der Waals surface area contributed by atoms with Gasteiger partial charge in [0.2, 0.25) is 0 Å². The van der Waals surface area contributed by atoms with Crippen molar-refractivity contribution in [2.24, 2.45) is 11.8 Å². The third-order valence-corrected chi connectivity index (χ3v) is 6.15. The van der Waals surface area contributed by atoms with Crippen LogP contribution in [0.4, 0.5) is 0 Å². The summed E-state index contributed by atoms with van der Waals surface area (Å²) in [5.74, 6) is 1.92. The second-order valence-corrected chi connectivity index (χ2v) is 7.30. The van der Waals surface area contributed by atoms with Crippen LogP contribution >= 0.6 is 0 Å². The average molecular weight is 279 g/mol. The van der Waals surface area contributed by atoms with Gasteiger partial charge in [-0.1, -0.05) is 58.3 Å². The second-order valence-electron chi connectivity index (χ2n) is 7.30. The molecule has 0 amide bonds. The zero-order chi connectivity index (χ0) is 13.8. The molecule has 0 aromatic heterocycles. The van der Waals surface area contributed by atoms with Crippen LogP contribution in [0.1, 0.15) is 71.1 Å². The van der Waals surface area contributed by atoms with E-state index in [4.69, 9.17) is 4.74 Å². The maximum absolute atomic E-state index is 5.93. The fourth-order valence-electron chi connectivity index (χ4n) is 5.12. The van der Waals surface area contributed by atoms with Crippen LogP contribution in [-0.4, -0.2) is 36.7 Å². The highest BCUT2D eigenvalue weighted by Crippen LogP contribution is 2.41. The molecule has 3 aliphatic rings. The number of hydrogen-bond donors (Lipinski definition) is 0. The second kappa shape index (κ2) is 7.26. The molecule has 1 saturated carbocycles. The van der Waals surface area contributed by atoms with Crippen molar-refractivity contribution in [3.8, 4) is 0 Å². The Balaban J connectivity index is 1.71. The van der Waals surface area contributed by atoms with E-state index < -0.39 is 0 Å². The molecule has 20 heavy (non-hydrogen) atoms. The summed E-state index contributed by atoms with van der Waals surface area (Å²) in [7, 11) is 0. The topological polar surface area (TPSA) is 12.5 Å². The molecule has 2 nitrogen and oxygen atoms in total. The molecule has 0 N–H and O–H groups in total. The Kier molecular flexibility index (Phi) is 5.39. The number of nitrogens with zero attached hydrogens (tertiary/aromatic N) is 1. The minimum absolute atomic E-state index is 0.727. The lowest BCUT2D eigenvalue weighted by molar-refractivity contribution is -0.117. The molecule has 2 heterocycles. The Morgan fingerprint density at radius 1 is 0.900 bits per heavy atom. The lowest BCUT2D eigenvalue weighted by Gasteiger charge is -2.53. The lowest BCUT2D eigenvalue weighted by atomic mass is 9.71. The molecule has 0 radical (unpaired) electrons. The van der Waals surface area contributed by atoms with Crippen molar-refractivity contribution in [1.82, 2.24) is 4.90 Å². The maximum atomic E-state index is 5.93. The van der Waals surface area contributed by atoms with Gasteiger partial charge in [0.1, 0.15) is 0 Å². The normalized spacial score (nSPS) is 40.6. The SMILES string of the molecule is CCN1C2COCC1C1CCCCCCCCCC1C2. The van der Waals surface area contributed by atoms with Gasteiger partial charge in [-0.15, -0.1) is 0 Å². The molecule has 4 unspecified atom stereocenters. The average Bonchev–Trinajstić information content (AvgIpc) is 2.51. The molecule has 2 saturated heterocycles. The quantitative estimate of drug-likeness (QED) is 0.712. The van der Waals surface area contributed by atoms with Crippen LogP contribution in [0.3, 0.4) is 0 Å². The van der Waals surface area contributed by atoms with Crippen molar-refractivity contribution >= 4 is 0 Å². The molecular weight excluding hydrogens is 246 g/mol. The molecule has 3 fully saturated rings. The van der Waals surface area contributed by atoms with Crippen molar-refractivity contribution < 1.29 is 4.74 Å². The van der Waals surface area contributed by atoms with E-state index in [-0.39, 0.29) is 0 Å². The van der Waals surface area contributed by atoms with Crippen molar-refractivity contribution in [1.29, 1.82) is 0 Å². The number of likely N-dealkylation sites (N-methyl/N-ethyl adjacent to an activating group) is 1. The predicted octanol–water partition coefficient (Wildman–Crippen LogP) is 4.24. The highest BCUT2D eigenvalue weighted by molar-refractivity contribution is 4.96. The Morgan fingerprint density at radius 2 is 1.60 bits per heavy atom. The van der Waals surface area contributed by atoms with Crippen LogP contribution in [0.5, 0.6) is 0 Å². The molecule has 0 aromatic rings. The van der Waals surface area contributed by atoms with Gasteiger partial charge in [0, 0.05) is 12.1 Å². The van der Waals surface area contributed by atoms with E-state index in [1.54, 1.807) is 0 Å². The van der Waals surface area contributed by atoms with Crippen LogP contribution in [0, 0.1) is 11.8 Å². The number of morpholine rings is 1. The molecule has 0 aromatic carbocycles. The summed E-state index contributed by atoms with van der Waals surface area (Å²) in [4.78, 5) is 2.78. The number of rotatable bonds is 1. The van der Waals surface area contributed by atoms with E-state index >= 15 is 0 Å². The molecule has 4 atom stereocenters. The van der Waals surface area contributed by atoms with Crippen LogP contribution in [-0.2, 0) is 4.74 Å². The molecule has 0 spiro atoms. The van der Waals surface area contributed by atoms with E-state index in [0.29, 0.717) is 0 Å². The van der Waals surface area contributed by atoms with E-state index in [9.17, 15) is 0 Å². The highest BCUT2D eigenvalue weighted by atomic mass is 16.5. The Bertz CT molecular complexity index is 293. The van der Waals surface area contributed by atoms with Crippen molar-refractivity contribution in [2.75, 3.05) is 19.8 Å². The van der Waals surface area contributed by atoms with E-state index in [0.717, 1.165) is 37.1 Å². The van der Waals surface area contributed by atoms with Gasteiger partial charge in [-0.25, -0.2) is 0 Å². The van der Waals surface area contributed by atoms with Crippen LogP contribution in [0.15, 0.2) is 0 Å². The zero-order valence-electron chi connectivity index (χ0n) is 13.4. The summed E-state index contributed by atoms with van der Waals surface area (Å²) in [5.41, 5.74) is 0. The molecule has 2 aliphatic heterocycles. The number of fused-ring (bicyclic) bond motifs is 4. The van der Waals surface area contributed by atoms with Gasteiger partial charge in [-0.3, -0.25) is 4.90 Å². The van der Waals surface area contributed by atoms with Crippen molar-refractivity contribution in [3.63, 3.8) is 0 Å². The molecule has 1 aliphatic carbocycles. The number of hydrogen-bond acceptors (Lipinski definition) is 2. The van der Waals surface area contributed by atoms with Gasteiger partial charge >= 0.3 is 0 Å². The van der Waals surface area contributed by atoms with Crippen LogP contribution in [0.25, 0.3) is 0 Å². The van der Waals surface area contributed by atoms with Gasteiger partial charge < -0.3 is 4.74 Å². The lowest BCUT2D eigenvalue weighted by Crippen LogP contribution is -2.60. The fourth-order valence-corrected chi connectivity index (χ4v) is 5.12. The monoisotopic (exact) mass is 279 g/mol. The molecule has 3 rings (SSSR count). The van der Waals surface area contributed by atoms with Crippen LogP contribution < -0.4 is 0 Å². The standard InChI is InChI=1S/C18H33NO/c1-2-19-16-12-15-10-8-6-4-3-5-7-9-11-17(15)18(19)14-20-13-16/h15-18H,2-14H2,1H3. The maximum Gasteiger partial charge on any atom is 0.0625 e. The Hall–Kier alpha value is -0.0800. The first-order chi connectivity index (χ1) is 9.90. The number of piperidine rings is 1. The van der Waals surface area contributed by atoms with E-state index in [1.165, 1.54) is 70.8 Å². The fraction of sp³-hybridized carbons (Fsp3) is 1.00. The zero-order valence-corrected chi connectivity index (χ0v) is 13.4. The summed E-state index contributed by atoms with van der Waals surface area (Å²) < 4.78 is 5.93. The van der Waals surface area contributed by atoms with Crippen LogP contribution in [0.2, 0.25) is 0 Å². The first-order valence-corrected chi connectivity index (χ1v) is 9.23. The van der Waals surface area contributed by atoms with Gasteiger partial charge in [0.25, 0.3) is 0 Å². The summed E-state index contributed by atoms with van der Waals surface area (Å²) in [6.45, 7) is 5.57. The summed E-state index contributed by atoms with van der Waals surface area (Å²) >= 11 is 0. The smallest absolute Gasteiger partial charge is 0.0625 e. The largest absolute Gasteiger partial charge is 0.378 e. The van der Waals surface area contributed by atoms with E-state index in [2.05, 4.69) is 11.8 Å². The first kappa shape index (κ1) is 14.8. The molecule has 2 bridgehead atoms. The predicted molar refractivity (Wildman–Crippen MR) is 83.9 cm³/mol. The molecular formula is C18H33NO. The minimum atomic E-state index is 0.727. The molecule has 2 heteroatoms. The van der Waals surface area contributed by atoms with Gasteiger partial charge in [-0.05, 0) is 31.2 Å². The summed E-state index contributed by atoms with van der Waals surface area (Å²) in [6.07, 6.45) is 14.7. The molecule has 116 valence electrons. The summed E-state index contributed by atoms with van der Waals surface area (Å²) in [6, 6.07) is 1.46. The number of ether oxygens (including phenoxy) is 1. The van der Waals surface area contributed by atoms with Crippen molar-refractivity contribution in [3.05, 3.63) is 0 Å². The third-order valence-electron chi connectivity index (χ3n) is 6.15. The van der Waals surface area contributed by atoms with Gasteiger partial charge in [-0.2, -0.15) is 0 Å². The van der Waals surface area contributed by atoms with Crippen molar-refractivity contribution in [2.45, 2.75) is 83.2 Å². The Morgan fingerprint density at radius 3 is 2.35 bits per heavy atom. The Labute approximate surface area is 125 Å². The van der Waals surface area contributed by atoms with Gasteiger partial charge in [0.15, 0.2) is 0 Å². The third kappa shape index (κ3) is 3.22. The summed E-state index contributed by atoms with van der Waals surface area (Å²) in [5, 5.41) is 0.